The van der Waals surface area contributed by atoms with Gasteiger partial charge in [-0.15, -0.1) is 0 Å². The Morgan fingerprint density at radius 3 is 0.778 bits per heavy atom. The van der Waals surface area contributed by atoms with E-state index >= 15 is 0 Å². The highest BCUT2D eigenvalue weighted by Gasteiger charge is 2.19. The van der Waals surface area contributed by atoms with E-state index in [0.717, 1.165) is 69.6 Å². The SMILES string of the molecule is CCCCCCCCCCCCCC(=O)O[C@H](COC(=O)CCCCCCCCCCCCCCCCCC(C)C)COC(=O)CCCCCCCCCCCCCCCC(C)C. The van der Waals surface area contributed by atoms with Crippen molar-refractivity contribution in [1.29, 1.82) is 0 Å². The highest BCUT2D eigenvalue weighted by molar-refractivity contribution is 5.71. The lowest BCUT2D eigenvalue weighted by Gasteiger charge is -2.18. The summed E-state index contributed by atoms with van der Waals surface area (Å²) in [6.45, 7) is 11.4. The van der Waals surface area contributed by atoms with Crippen LogP contribution in [0.2, 0.25) is 0 Å². The van der Waals surface area contributed by atoms with Crippen molar-refractivity contribution < 1.29 is 28.6 Å². The summed E-state index contributed by atoms with van der Waals surface area (Å²) in [7, 11) is 0. The molecule has 0 spiro atoms. The molecule has 0 saturated heterocycles. The highest BCUT2D eigenvalue weighted by Crippen LogP contribution is 2.18. The van der Waals surface area contributed by atoms with E-state index in [0.29, 0.717) is 19.3 Å². The van der Waals surface area contributed by atoms with Gasteiger partial charge in [-0.3, -0.25) is 14.4 Å². The van der Waals surface area contributed by atoms with Gasteiger partial charge in [0.05, 0.1) is 0 Å². The van der Waals surface area contributed by atoms with Gasteiger partial charge in [-0.1, -0.05) is 279 Å². The summed E-state index contributed by atoms with van der Waals surface area (Å²) in [5.41, 5.74) is 0. The molecule has 0 amide bonds. The molecule has 0 fully saturated rings. The first-order chi connectivity index (χ1) is 30.7. The van der Waals surface area contributed by atoms with Gasteiger partial charge in [-0.2, -0.15) is 0 Å². The summed E-state index contributed by atoms with van der Waals surface area (Å²) in [4.78, 5) is 38.1. The molecule has 6 heteroatoms. The van der Waals surface area contributed by atoms with Crippen molar-refractivity contribution in [3.8, 4) is 0 Å². The molecule has 6 nitrogen and oxygen atoms in total. The lowest BCUT2D eigenvalue weighted by Crippen LogP contribution is -2.30. The van der Waals surface area contributed by atoms with Crippen LogP contribution in [-0.2, 0) is 28.6 Å². The molecule has 0 aliphatic heterocycles. The number of esters is 3. The first-order valence-corrected chi connectivity index (χ1v) is 28.2. The molecule has 63 heavy (non-hydrogen) atoms. The molecule has 0 heterocycles. The molecule has 0 N–H and O–H groups in total. The summed E-state index contributed by atoms with van der Waals surface area (Å²) in [6.07, 6.45) is 52.3. The molecular formula is C57H110O6. The Labute approximate surface area is 393 Å². The minimum atomic E-state index is -0.762. The molecule has 0 aromatic heterocycles. The Hall–Kier alpha value is -1.59. The first kappa shape index (κ1) is 61.4. The largest absolute Gasteiger partial charge is 0.462 e. The van der Waals surface area contributed by atoms with Crippen molar-refractivity contribution in [1.82, 2.24) is 0 Å². The van der Waals surface area contributed by atoms with Crippen LogP contribution < -0.4 is 0 Å². The van der Waals surface area contributed by atoms with Gasteiger partial charge in [0.25, 0.3) is 0 Å². The van der Waals surface area contributed by atoms with E-state index in [1.54, 1.807) is 0 Å². The van der Waals surface area contributed by atoms with E-state index in [-0.39, 0.29) is 31.1 Å². The maximum Gasteiger partial charge on any atom is 0.306 e. The predicted molar refractivity (Wildman–Crippen MR) is 270 cm³/mol. The predicted octanol–water partition coefficient (Wildman–Crippen LogP) is 18.5. The maximum absolute atomic E-state index is 12.8. The molecule has 0 unspecified atom stereocenters. The van der Waals surface area contributed by atoms with Crippen LogP contribution in [0.25, 0.3) is 0 Å². The second-order valence-electron chi connectivity index (χ2n) is 20.5. The highest BCUT2D eigenvalue weighted by atomic mass is 16.6. The van der Waals surface area contributed by atoms with Crippen LogP contribution >= 0.6 is 0 Å². The second-order valence-corrected chi connectivity index (χ2v) is 20.5. The fraction of sp³-hybridized carbons (Fsp3) is 0.947. The molecule has 0 aliphatic rings. The lowest BCUT2D eigenvalue weighted by atomic mass is 10.0. The summed E-state index contributed by atoms with van der Waals surface area (Å²) < 4.78 is 16.9. The molecular weight excluding hydrogens is 781 g/mol. The van der Waals surface area contributed by atoms with Crippen LogP contribution in [0, 0.1) is 11.8 Å². The van der Waals surface area contributed by atoms with Crippen LogP contribution in [0.5, 0.6) is 0 Å². The van der Waals surface area contributed by atoms with Gasteiger partial charge in [0.2, 0.25) is 0 Å². The van der Waals surface area contributed by atoms with Crippen molar-refractivity contribution in [3.63, 3.8) is 0 Å². The fourth-order valence-corrected chi connectivity index (χ4v) is 8.70. The molecule has 0 saturated carbocycles. The number of carbonyl (C=O) groups is 3. The Morgan fingerprint density at radius 1 is 0.302 bits per heavy atom. The third-order valence-corrected chi connectivity index (χ3v) is 13.0. The Balaban J connectivity index is 4.25. The van der Waals surface area contributed by atoms with E-state index < -0.39 is 6.10 Å². The second kappa shape index (κ2) is 49.8. The van der Waals surface area contributed by atoms with Crippen LogP contribution in [-0.4, -0.2) is 37.2 Å². The molecule has 374 valence electrons. The average Bonchev–Trinajstić information content (AvgIpc) is 3.25. The standard InChI is InChI=1S/C57H110O6/c1-6-7-8-9-10-11-20-29-34-39-44-49-57(60)63-54(51-62-56(59)48-43-38-33-28-24-19-15-17-22-26-31-36-41-46-53(4)5)50-61-55(58)47-42-37-32-27-23-18-14-12-13-16-21-25-30-35-40-45-52(2)3/h52-54H,6-51H2,1-5H3/t54-/m1/s1. The van der Waals surface area contributed by atoms with Crippen LogP contribution in [0.3, 0.4) is 0 Å². The summed E-state index contributed by atoms with van der Waals surface area (Å²) in [5, 5.41) is 0. The number of carbonyl (C=O) groups excluding carboxylic acids is 3. The quantitative estimate of drug-likeness (QED) is 0.0344. The van der Waals surface area contributed by atoms with Crippen molar-refractivity contribution in [2.45, 2.75) is 323 Å². The molecule has 0 radical (unpaired) electrons. The summed E-state index contributed by atoms with van der Waals surface area (Å²) in [5.74, 6) is 0.847. The van der Waals surface area contributed by atoms with Crippen molar-refractivity contribution >= 4 is 17.9 Å². The van der Waals surface area contributed by atoms with Crippen molar-refractivity contribution in [3.05, 3.63) is 0 Å². The van der Waals surface area contributed by atoms with E-state index in [4.69, 9.17) is 14.2 Å². The molecule has 0 aromatic carbocycles. The molecule has 0 aliphatic carbocycles. The number of unbranched alkanes of at least 4 members (excludes halogenated alkanes) is 36. The van der Waals surface area contributed by atoms with Crippen LogP contribution in [0.4, 0.5) is 0 Å². The van der Waals surface area contributed by atoms with Gasteiger partial charge < -0.3 is 14.2 Å². The van der Waals surface area contributed by atoms with Gasteiger partial charge in [-0.05, 0) is 31.1 Å². The molecule has 0 aromatic rings. The van der Waals surface area contributed by atoms with Gasteiger partial charge in [0.15, 0.2) is 6.10 Å². The van der Waals surface area contributed by atoms with Crippen LogP contribution in [0.15, 0.2) is 0 Å². The number of rotatable bonds is 51. The number of hydrogen-bond donors (Lipinski definition) is 0. The van der Waals surface area contributed by atoms with Gasteiger partial charge in [0, 0.05) is 19.3 Å². The average molecular weight is 892 g/mol. The van der Waals surface area contributed by atoms with Crippen molar-refractivity contribution in [2.24, 2.45) is 11.8 Å². The van der Waals surface area contributed by atoms with E-state index in [9.17, 15) is 14.4 Å². The molecule has 0 rings (SSSR count). The van der Waals surface area contributed by atoms with Gasteiger partial charge in [0.1, 0.15) is 13.2 Å². The Kier molecular flexibility index (Phi) is 48.6. The first-order valence-electron chi connectivity index (χ1n) is 28.2. The summed E-state index contributed by atoms with van der Waals surface area (Å²) in [6, 6.07) is 0. The van der Waals surface area contributed by atoms with Crippen LogP contribution in [0.1, 0.15) is 317 Å². The lowest BCUT2D eigenvalue weighted by molar-refractivity contribution is -0.167. The van der Waals surface area contributed by atoms with E-state index in [2.05, 4.69) is 34.6 Å². The number of ether oxygens (including phenoxy) is 3. The zero-order valence-corrected chi connectivity index (χ0v) is 43.2. The van der Waals surface area contributed by atoms with Crippen molar-refractivity contribution in [2.75, 3.05) is 13.2 Å². The molecule has 0 bridgehead atoms. The monoisotopic (exact) mass is 891 g/mol. The zero-order valence-electron chi connectivity index (χ0n) is 43.2. The zero-order chi connectivity index (χ0) is 46.1. The Bertz CT molecular complexity index is 962. The topological polar surface area (TPSA) is 78.9 Å². The number of hydrogen-bond acceptors (Lipinski definition) is 6. The van der Waals surface area contributed by atoms with E-state index in [1.165, 1.54) is 205 Å². The third kappa shape index (κ3) is 51.3. The maximum atomic E-state index is 12.8. The Morgan fingerprint density at radius 2 is 0.524 bits per heavy atom. The molecule has 1 atom stereocenters. The smallest absolute Gasteiger partial charge is 0.306 e. The minimum absolute atomic E-state index is 0.0628. The van der Waals surface area contributed by atoms with Gasteiger partial charge >= 0.3 is 17.9 Å². The normalized spacial score (nSPS) is 12.0. The minimum Gasteiger partial charge on any atom is -0.462 e. The summed E-state index contributed by atoms with van der Waals surface area (Å²) >= 11 is 0. The van der Waals surface area contributed by atoms with E-state index in [1.807, 2.05) is 0 Å². The van der Waals surface area contributed by atoms with Gasteiger partial charge in [-0.25, -0.2) is 0 Å². The third-order valence-electron chi connectivity index (χ3n) is 13.0. The fourth-order valence-electron chi connectivity index (χ4n) is 8.70.